The minimum absolute atomic E-state index is 0.923. The first-order valence-electron chi connectivity index (χ1n) is 6.47. The van der Waals surface area contributed by atoms with Gasteiger partial charge in [0.05, 0.1) is 15.9 Å². The van der Waals surface area contributed by atoms with Gasteiger partial charge in [-0.2, -0.15) is 16.9 Å². The normalized spacial score (nSPS) is 10.9. The van der Waals surface area contributed by atoms with Crippen LogP contribution in [0.25, 0.3) is 0 Å². The van der Waals surface area contributed by atoms with Gasteiger partial charge in [-0.15, -0.1) is 0 Å². The largest absolute Gasteiger partial charge is 0.268 e. The van der Waals surface area contributed by atoms with Crippen LogP contribution in [0.1, 0.15) is 29.4 Å². The van der Waals surface area contributed by atoms with Crippen molar-refractivity contribution in [3.8, 4) is 0 Å². The van der Waals surface area contributed by atoms with E-state index in [0.717, 1.165) is 28.2 Å². The smallest absolute Gasteiger partial charge is 0.0739 e. The molecule has 1 aromatic carbocycles. The van der Waals surface area contributed by atoms with Crippen molar-refractivity contribution < 1.29 is 0 Å². The maximum absolute atomic E-state index is 4.52. The third kappa shape index (κ3) is 3.63. The summed E-state index contributed by atoms with van der Waals surface area (Å²) in [4.78, 5) is 0. The van der Waals surface area contributed by atoms with Crippen LogP contribution in [0.15, 0.2) is 28.7 Å². The molecule has 2 aromatic rings. The van der Waals surface area contributed by atoms with E-state index >= 15 is 0 Å². The van der Waals surface area contributed by atoms with Gasteiger partial charge in [-0.1, -0.05) is 29.8 Å². The molecule has 2 rings (SSSR count). The number of aromatic nitrogens is 2. The van der Waals surface area contributed by atoms with Gasteiger partial charge in [0.2, 0.25) is 0 Å². The second-order valence-electron chi connectivity index (χ2n) is 4.64. The van der Waals surface area contributed by atoms with E-state index < -0.39 is 0 Å². The van der Waals surface area contributed by atoms with E-state index in [-0.39, 0.29) is 0 Å². The van der Waals surface area contributed by atoms with Crippen molar-refractivity contribution in [3.05, 3.63) is 51.3 Å². The van der Waals surface area contributed by atoms with Gasteiger partial charge in [0.1, 0.15) is 0 Å². The molecule has 19 heavy (non-hydrogen) atoms. The molecule has 0 saturated carbocycles. The Kier molecular flexibility index (Phi) is 5.11. The van der Waals surface area contributed by atoms with E-state index in [1.165, 1.54) is 16.8 Å². The average Bonchev–Trinajstić information content (AvgIpc) is 2.66. The van der Waals surface area contributed by atoms with Gasteiger partial charge in [-0.3, -0.25) is 4.68 Å². The summed E-state index contributed by atoms with van der Waals surface area (Å²) in [7, 11) is 0. The van der Waals surface area contributed by atoms with Gasteiger partial charge in [-0.05, 0) is 42.3 Å². The summed E-state index contributed by atoms with van der Waals surface area (Å²) in [6.45, 7) is 7.24. The van der Waals surface area contributed by atoms with Gasteiger partial charge in [0.25, 0.3) is 0 Å². The molecule has 102 valence electrons. The summed E-state index contributed by atoms with van der Waals surface area (Å²) in [5.74, 6) is 2.03. The van der Waals surface area contributed by atoms with E-state index in [1.807, 2.05) is 18.7 Å². The predicted molar refractivity (Wildman–Crippen MR) is 86.5 cm³/mol. The zero-order valence-electron chi connectivity index (χ0n) is 11.6. The van der Waals surface area contributed by atoms with Crippen molar-refractivity contribution in [1.29, 1.82) is 0 Å². The van der Waals surface area contributed by atoms with Crippen LogP contribution in [-0.2, 0) is 18.1 Å². The van der Waals surface area contributed by atoms with Gasteiger partial charge in [-0.25, -0.2) is 0 Å². The van der Waals surface area contributed by atoms with Gasteiger partial charge < -0.3 is 0 Å². The lowest BCUT2D eigenvalue weighted by atomic mass is 10.2. The fourth-order valence-electron chi connectivity index (χ4n) is 2.07. The van der Waals surface area contributed by atoms with Crippen molar-refractivity contribution in [1.82, 2.24) is 9.78 Å². The molecule has 4 heteroatoms. The fourth-order valence-corrected chi connectivity index (χ4v) is 3.69. The summed E-state index contributed by atoms with van der Waals surface area (Å²) >= 11 is 5.58. The number of thioether (sulfide) groups is 1. The first-order valence-corrected chi connectivity index (χ1v) is 8.41. The summed E-state index contributed by atoms with van der Waals surface area (Å²) in [5.41, 5.74) is 5.08. The maximum atomic E-state index is 4.52. The molecule has 0 fully saturated rings. The molecule has 0 unspecified atom stereocenters. The van der Waals surface area contributed by atoms with Crippen LogP contribution in [0.5, 0.6) is 0 Å². The Morgan fingerprint density at radius 3 is 2.74 bits per heavy atom. The molecular formula is C15H19BrN2S. The highest BCUT2D eigenvalue weighted by Crippen LogP contribution is 2.26. The highest BCUT2D eigenvalue weighted by atomic mass is 79.9. The fraction of sp³-hybridized carbons (Fsp3) is 0.400. The molecule has 0 bridgehead atoms. The molecule has 2 nitrogen and oxygen atoms in total. The molecule has 0 radical (unpaired) electrons. The van der Waals surface area contributed by atoms with Crippen LogP contribution in [0.2, 0.25) is 0 Å². The molecule has 0 spiro atoms. The summed E-state index contributed by atoms with van der Waals surface area (Å²) in [6.07, 6.45) is 0. The number of hydrogen-bond acceptors (Lipinski definition) is 2. The standard InChI is InChI=1S/C15H19BrN2S/c1-4-18-14(15(16)12(3)17-18)10-19-9-13-7-5-6-11(2)8-13/h5-8H,4,9-10H2,1-3H3. The lowest BCUT2D eigenvalue weighted by molar-refractivity contribution is 0.631. The number of aryl methyl sites for hydroxylation is 3. The SMILES string of the molecule is CCn1nc(C)c(Br)c1CSCc1cccc(C)c1. The molecule has 0 N–H and O–H groups in total. The van der Waals surface area contributed by atoms with E-state index in [2.05, 4.69) is 63.8 Å². The quantitative estimate of drug-likeness (QED) is 0.785. The summed E-state index contributed by atoms with van der Waals surface area (Å²) in [5, 5.41) is 4.52. The third-order valence-electron chi connectivity index (χ3n) is 3.04. The topological polar surface area (TPSA) is 17.8 Å². The summed E-state index contributed by atoms with van der Waals surface area (Å²) < 4.78 is 3.24. The average molecular weight is 339 g/mol. The minimum atomic E-state index is 0.923. The molecule has 0 aliphatic rings. The number of halogens is 1. The zero-order chi connectivity index (χ0) is 13.8. The van der Waals surface area contributed by atoms with Crippen molar-refractivity contribution in [2.45, 2.75) is 38.8 Å². The van der Waals surface area contributed by atoms with Crippen molar-refractivity contribution in [2.75, 3.05) is 0 Å². The molecule has 0 saturated heterocycles. The highest BCUT2D eigenvalue weighted by Gasteiger charge is 2.11. The van der Waals surface area contributed by atoms with E-state index in [9.17, 15) is 0 Å². The second kappa shape index (κ2) is 6.62. The van der Waals surface area contributed by atoms with Crippen molar-refractivity contribution in [3.63, 3.8) is 0 Å². The number of nitrogens with zero attached hydrogens (tertiary/aromatic N) is 2. The van der Waals surface area contributed by atoms with E-state index in [4.69, 9.17) is 0 Å². The van der Waals surface area contributed by atoms with Crippen LogP contribution in [-0.4, -0.2) is 9.78 Å². The van der Waals surface area contributed by atoms with Crippen LogP contribution in [0.3, 0.4) is 0 Å². The van der Waals surface area contributed by atoms with Crippen LogP contribution >= 0.6 is 27.7 Å². The molecule has 1 aromatic heterocycles. The van der Waals surface area contributed by atoms with Gasteiger partial charge in [0.15, 0.2) is 0 Å². The summed E-state index contributed by atoms with van der Waals surface area (Å²) in [6, 6.07) is 8.71. The van der Waals surface area contributed by atoms with Crippen LogP contribution < -0.4 is 0 Å². The van der Waals surface area contributed by atoms with E-state index in [0.29, 0.717) is 0 Å². The molecule has 1 heterocycles. The zero-order valence-corrected chi connectivity index (χ0v) is 14.0. The van der Waals surface area contributed by atoms with Crippen molar-refractivity contribution in [2.24, 2.45) is 0 Å². The lowest BCUT2D eigenvalue weighted by Gasteiger charge is -2.06. The van der Waals surface area contributed by atoms with Gasteiger partial charge in [0, 0.05) is 18.1 Å². The Morgan fingerprint density at radius 2 is 2.05 bits per heavy atom. The molecular weight excluding hydrogens is 320 g/mol. The van der Waals surface area contributed by atoms with Crippen LogP contribution in [0.4, 0.5) is 0 Å². The van der Waals surface area contributed by atoms with E-state index in [1.54, 1.807) is 0 Å². The molecule has 0 amide bonds. The van der Waals surface area contributed by atoms with Crippen molar-refractivity contribution >= 4 is 27.7 Å². The third-order valence-corrected chi connectivity index (χ3v) is 5.09. The Morgan fingerprint density at radius 1 is 1.26 bits per heavy atom. The first-order chi connectivity index (χ1) is 9.11. The Balaban J connectivity index is 1.99. The number of benzene rings is 1. The number of hydrogen-bond donors (Lipinski definition) is 0. The monoisotopic (exact) mass is 338 g/mol. The molecule has 0 atom stereocenters. The Hall–Kier alpha value is -0.740. The molecule has 0 aliphatic heterocycles. The van der Waals surface area contributed by atoms with Gasteiger partial charge >= 0.3 is 0 Å². The van der Waals surface area contributed by atoms with Crippen LogP contribution in [0, 0.1) is 13.8 Å². The number of rotatable bonds is 5. The second-order valence-corrected chi connectivity index (χ2v) is 6.42. The first kappa shape index (κ1) is 14.7. The Labute approximate surface area is 127 Å². The minimum Gasteiger partial charge on any atom is -0.268 e. The Bertz CT molecular complexity index is 563. The maximum Gasteiger partial charge on any atom is 0.0739 e. The molecule has 0 aliphatic carbocycles. The lowest BCUT2D eigenvalue weighted by Crippen LogP contribution is -2.01. The predicted octanol–water partition coefficient (Wildman–Crippen LogP) is 4.72. The highest BCUT2D eigenvalue weighted by molar-refractivity contribution is 9.10.